The number of rotatable bonds is 1. The fraction of sp³-hybridized carbons (Fsp3) is 0.769. The van der Waals surface area contributed by atoms with Gasteiger partial charge in [0, 0.05) is 25.1 Å². The molecule has 0 unspecified atom stereocenters. The molecule has 94 valence electrons. The number of hydrogen-bond donors (Lipinski definition) is 1. The van der Waals surface area contributed by atoms with E-state index in [1.807, 2.05) is 0 Å². The molecular weight excluding hydrogens is 212 g/mol. The van der Waals surface area contributed by atoms with Crippen LogP contribution in [0.1, 0.15) is 49.4 Å². The quantitative estimate of drug-likeness (QED) is 0.808. The maximum Gasteiger partial charge on any atom is 0.126 e. The molecule has 2 aliphatic rings. The van der Waals surface area contributed by atoms with Crippen molar-refractivity contribution < 1.29 is 0 Å². The van der Waals surface area contributed by atoms with Crippen LogP contribution in [0.2, 0.25) is 0 Å². The molecule has 2 N–H and O–H groups in total. The van der Waals surface area contributed by atoms with E-state index >= 15 is 0 Å². The molecule has 1 fully saturated rings. The standard InChI is InChI=1S/C13H22N4/c1-16-8-7-12-11(9-16)13(14)17(15-12)10-5-3-2-4-6-10/h10H,2-9,14H2,1H3. The van der Waals surface area contributed by atoms with Crippen LogP contribution < -0.4 is 5.73 Å². The van der Waals surface area contributed by atoms with Crippen molar-refractivity contribution in [2.75, 3.05) is 19.3 Å². The molecule has 0 radical (unpaired) electrons. The van der Waals surface area contributed by atoms with Crippen LogP contribution in [-0.4, -0.2) is 28.3 Å². The van der Waals surface area contributed by atoms with Gasteiger partial charge >= 0.3 is 0 Å². The minimum atomic E-state index is 0.555. The van der Waals surface area contributed by atoms with Gasteiger partial charge in [-0.2, -0.15) is 5.10 Å². The van der Waals surface area contributed by atoms with Crippen LogP contribution in [0.15, 0.2) is 0 Å². The normalized spacial score (nSPS) is 22.6. The van der Waals surface area contributed by atoms with Gasteiger partial charge in [-0.1, -0.05) is 19.3 Å². The Balaban J connectivity index is 1.90. The van der Waals surface area contributed by atoms with E-state index in [2.05, 4.69) is 16.6 Å². The second-order valence-electron chi connectivity index (χ2n) is 5.53. The van der Waals surface area contributed by atoms with Crippen molar-refractivity contribution in [2.45, 2.75) is 51.1 Å². The summed E-state index contributed by atoms with van der Waals surface area (Å²) in [5.41, 5.74) is 8.81. The van der Waals surface area contributed by atoms with Crippen molar-refractivity contribution in [2.24, 2.45) is 0 Å². The lowest BCUT2D eigenvalue weighted by Gasteiger charge is -2.23. The zero-order valence-corrected chi connectivity index (χ0v) is 10.7. The Morgan fingerprint density at radius 3 is 2.76 bits per heavy atom. The highest BCUT2D eigenvalue weighted by Gasteiger charge is 2.25. The largest absolute Gasteiger partial charge is 0.384 e. The van der Waals surface area contributed by atoms with E-state index in [0.717, 1.165) is 25.3 Å². The highest BCUT2D eigenvalue weighted by Crippen LogP contribution is 2.33. The predicted octanol–water partition coefficient (Wildman–Crippen LogP) is 1.96. The number of nitrogens with two attached hydrogens (primary N) is 1. The lowest BCUT2D eigenvalue weighted by Crippen LogP contribution is -2.26. The number of fused-ring (bicyclic) bond motifs is 1. The van der Waals surface area contributed by atoms with E-state index in [1.54, 1.807) is 0 Å². The maximum absolute atomic E-state index is 6.29. The van der Waals surface area contributed by atoms with Gasteiger partial charge in [0.25, 0.3) is 0 Å². The minimum absolute atomic E-state index is 0.555. The molecule has 0 bridgehead atoms. The third-order valence-corrected chi connectivity index (χ3v) is 4.21. The van der Waals surface area contributed by atoms with Crippen LogP contribution in [0, 0.1) is 0 Å². The van der Waals surface area contributed by atoms with Gasteiger partial charge in [-0.3, -0.25) is 0 Å². The molecule has 2 heterocycles. The number of nitrogen functional groups attached to an aromatic ring is 1. The van der Waals surface area contributed by atoms with Crippen LogP contribution in [0.4, 0.5) is 5.82 Å². The van der Waals surface area contributed by atoms with Crippen molar-refractivity contribution in [3.8, 4) is 0 Å². The fourth-order valence-electron chi connectivity index (χ4n) is 3.15. The summed E-state index contributed by atoms with van der Waals surface area (Å²) in [7, 11) is 2.15. The van der Waals surface area contributed by atoms with E-state index < -0.39 is 0 Å². The number of anilines is 1. The highest BCUT2D eigenvalue weighted by molar-refractivity contribution is 5.45. The Hall–Kier alpha value is -1.03. The number of likely N-dealkylation sites (N-methyl/N-ethyl adjacent to an activating group) is 1. The number of nitrogens with zero attached hydrogens (tertiary/aromatic N) is 3. The van der Waals surface area contributed by atoms with Gasteiger partial charge < -0.3 is 10.6 Å². The topological polar surface area (TPSA) is 47.1 Å². The van der Waals surface area contributed by atoms with E-state index in [4.69, 9.17) is 10.8 Å². The van der Waals surface area contributed by atoms with Crippen molar-refractivity contribution >= 4 is 5.82 Å². The summed E-state index contributed by atoms with van der Waals surface area (Å²) in [5.74, 6) is 0.929. The monoisotopic (exact) mass is 234 g/mol. The van der Waals surface area contributed by atoms with Gasteiger partial charge in [-0.15, -0.1) is 0 Å². The van der Waals surface area contributed by atoms with Crippen LogP contribution in [0.5, 0.6) is 0 Å². The van der Waals surface area contributed by atoms with Gasteiger partial charge in [0.15, 0.2) is 0 Å². The summed E-state index contributed by atoms with van der Waals surface area (Å²) in [6.07, 6.45) is 7.58. The first-order valence-electron chi connectivity index (χ1n) is 6.80. The van der Waals surface area contributed by atoms with Crippen molar-refractivity contribution in [1.29, 1.82) is 0 Å². The smallest absolute Gasteiger partial charge is 0.126 e. The first-order valence-corrected chi connectivity index (χ1v) is 6.80. The van der Waals surface area contributed by atoms with Crippen LogP contribution in [0.25, 0.3) is 0 Å². The van der Waals surface area contributed by atoms with Crippen molar-refractivity contribution in [3.63, 3.8) is 0 Å². The van der Waals surface area contributed by atoms with Crippen LogP contribution in [0.3, 0.4) is 0 Å². The molecule has 1 saturated carbocycles. The molecule has 17 heavy (non-hydrogen) atoms. The third-order valence-electron chi connectivity index (χ3n) is 4.21. The summed E-state index contributed by atoms with van der Waals surface area (Å²) in [5, 5.41) is 4.77. The SMILES string of the molecule is CN1CCc2nn(C3CCCCC3)c(N)c2C1. The Labute approximate surface area is 103 Å². The molecule has 0 amide bonds. The van der Waals surface area contributed by atoms with E-state index in [-0.39, 0.29) is 0 Å². The van der Waals surface area contributed by atoms with Crippen molar-refractivity contribution in [1.82, 2.24) is 14.7 Å². The molecule has 0 atom stereocenters. The van der Waals surface area contributed by atoms with Gasteiger partial charge in [-0.05, 0) is 19.9 Å². The Morgan fingerprint density at radius 2 is 2.00 bits per heavy atom. The molecule has 0 spiro atoms. The van der Waals surface area contributed by atoms with E-state index in [9.17, 15) is 0 Å². The summed E-state index contributed by atoms with van der Waals surface area (Å²) >= 11 is 0. The highest BCUT2D eigenvalue weighted by atomic mass is 15.3. The zero-order valence-electron chi connectivity index (χ0n) is 10.7. The lowest BCUT2D eigenvalue weighted by molar-refractivity contribution is 0.311. The average Bonchev–Trinajstić information content (AvgIpc) is 2.68. The molecule has 0 saturated heterocycles. The number of hydrogen-bond acceptors (Lipinski definition) is 3. The Morgan fingerprint density at radius 1 is 1.24 bits per heavy atom. The molecule has 1 aliphatic carbocycles. The third kappa shape index (κ3) is 1.95. The van der Waals surface area contributed by atoms with Gasteiger partial charge in [0.1, 0.15) is 5.82 Å². The van der Waals surface area contributed by atoms with Crippen LogP contribution in [-0.2, 0) is 13.0 Å². The minimum Gasteiger partial charge on any atom is -0.384 e. The predicted molar refractivity (Wildman–Crippen MR) is 68.8 cm³/mol. The maximum atomic E-state index is 6.29. The molecule has 4 heteroatoms. The summed E-state index contributed by atoms with van der Waals surface area (Å²) in [6.45, 7) is 2.07. The first-order chi connectivity index (χ1) is 8.25. The molecule has 3 rings (SSSR count). The van der Waals surface area contributed by atoms with Gasteiger partial charge in [0.2, 0.25) is 0 Å². The Kier molecular flexibility index (Phi) is 2.82. The fourth-order valence-corrected chi connectivity index (χ4v) is 3.15. The van der Waals surface area contributed by atoms with E-state index in [0.29, 0.717) is 6.04 Å². The molecule has 4 nitrogen and oxygen atoms in total. The number of aromatic nitrogens is 2. The summed E-state index contributed by atoms with van der Waals surface area (Å²) in [4.78, 5) is 2.32. The molecule has 0 aromatic carbocycles. The van der Waals surface area contributed by atoms with Gasteiger partial charge in [0.05, 0.1) is 11.7 Å². The summed E-state index contributed by atoms with van der Waals surface area (Å²) < 4.78 is 2.13. The van der Waals surface area contributed by atoms with Gasteiger partial charge in [-0.25, -0.2) is 4.68 Å². The lowest BCUT2D eigenvalue weighted by atomic mass is 9.95. The summed E-state index contributed by atoms with van der Waals surface area (Å²) in [6, 6.07) is 0.555. The molecule has 1 aromatic heterocycles. The second-order valence-corrected chi connectivity index (χ2v) is 5.53. The average molecular weight is 234 g/mol. The zero-order chi connectivity index (χ0) is 11.8. The molecular formula is C13H22N4. The molecule has 1 aliphatic heterocycles. The van der Waals surface area contributed by atoms with E-state index in [1.165, 1.54) is 43.4 Å². The van der Waals surface area contributed by atoms with Crippen molar-refractivity contribution in [3.05, 3.63) is 11.3 Å². The first kappa shape index (κ1) is 11.1. The second kappa shape index (κ2) is 4.33. The van der Waals surface area contributed by atoms with Crippen LogP contribution >= 0.6 is 0 Å². The molecule has 1 aromatic rings. The Bertz CT molecular complexity index is 404.